The first-order chi connectivity index (χ1) is 16.4. The van der Waals surface area contributed by atoms with Crippen LogP contribution in [0.2, 0.25) is 0 Å². The van der Waals surface area contributed by atoms with Gasteiger partial charge in [0.05, 0.1) is 12.6 Å². The highest BCUT2D eigenvalue weighted by atomic mass is 31.2. The largest absolute Gasteiger partial charge is 0.493 e. The number of aromatic amines is 1. The molecule has 0 aliphatic rings. The highest BCUT2D eigenvalue weighted by Crippen LogP contribution is 2.38. The van der Waals surface area contributed by atoms with Crippen LogP contribution in [0.3, 0.4) is 0 Å². The molecule has 0 amide bonds. The third-order valence-electron chi connectivity index (χ3n) is 5.18. The molecular formula is C24H27N2O7P. The Hall–Kier alpha value is -3.07. The highest BCUT2D eigenvalue weighted by molar-refractivity contribution is 7.46. The zero-order valence-electron chi connectivity index (χ0n) is 18.6. The Bertz CT molecular complexity index is 1290. The number of hydrogen-bond donors (Lipinski definition) is 4. The zero-order chi connectivity index (χ0) is 24.0. The molecule has 1 atom stereocenters. The lowest BCUT2D eigenvalue weighted by atomic mass is 10.1. The fourth-order valence-corrected chi connectivity index (χ4v) is 4.25. The third kappa shape index (κ3) is 6.08. The second-order valence-corrected chi connectivity index (χ2v) is 8.77. The minimum atomic E-state index is -4.71. The predicted molar refractivity (Wildman–Crippen MR) is 130 cm³/mol. The molecule has 0 bridgehead atoms. The quantitative estimate of drug-likeness (QED) is 0.176. The minimum Gasteiger partial charge on any atom is -0.493 e. The van der Waals surface area contributed by atoms with E-state index in [4.69, 9.17) is 18.7 Å². The maximum atomic E-state index is 11.5. The van der Waals surface area contributed by atoms with Crippen molar-refractivity contribution in [2.45, 2.75) is 6.10 Å². The molecule has 4 N–H and O–H groups in total. The van der Waals surface area contributed by atoms with E-state index in [2.05, 4.69) is 10.3 Å². The first-order valence-electron chi connectivity index (χ1n) is 10.8. The van der Waals surface area contributed by atoms with Gasteiger partial charge in [-0.25, -0.2) is 4.57 Å². The number of aromatic nitrogens is 1. The smallest absolute Gasteiger partial charge is 0.470 e. The minimum absolute atomic E-state index is 0.0515. The number of H-pyrrole nitrogens is 1. The van der Waals surface area contributed by atoms with E-state index in [-0.39, 0.29) is 13.2 Å². The molecule has 1 heterocycles. The first kappa shape index (κ1) is 24.1. The Labute approximate surface area is 196 Å². The zero-order valence-corrected chi connectivity index (χ0v) is 19.5. The van der Waals surface area contributed by atoms with Gasteiger partial charge in [0, 0.05) is 29.4 Å². The van der Waals surface area contributed by atoms with E-state index in [1.54, 1.807) is 19.2 Å². The molecule has 1 unspecified atom stereocenters. The Kier molecular flexibility index (Phi) is 7.72. The molecule has 9 nitrogen and oxygen atoms in total. The summed E-state index contributed by atoms with van der Waals surface area (Å²) in [4.78, 5) is 22.0. The van der Waals surface area contributed by atoms with Crippen LogP contribution < -0.4 is 19.5 Å². The van der Waals surface area contributed by atoms with Gasteiger partial charge in [0.15, 0.2) is 11.5 Å². The van der Waals surface area contributed by atoms with Crippen molar-refractivity contribution >= 4 is 29.6 Å². The number of phosphoric acid groups is 1. The molecular weight excluding hydrogens is 459 g/mol. The summed E-state index contributed by atoms with van der Waals surface area (Å²) in [5.41, 5.74) is 1.89. The van der Waals surface area contributed by atoms with E-state index in [9.17, 15) is 14.4 Å². The molecule has 4 rings (SSSR count). The Morgan fingerprint density at radius 2 is 1.62 bits per heavy atom. The number of fused-ring (bicyclic) bond motifs is 3. The normalized spacial score (nSPS) is 12.7. The highest BCUT2D eigenvalue weighted by Gasteiger charge is 2.23. The molecule has 3 aromatic carbocycles. The van der Waals surface area contributed by atoms with Crippen molar-refractivity contribution in [3.05, 3.63) is 66.7 Å². The van der Waals surface area contributed by atoms with E-state index in [0.29, 0.717) is 30.4 Å². The van der Waals surface area contributed by atoms with Crippen LogP contribution in [0, 0.1) is 0 Å². The van der Waals surface area contributed by atoms with E-state index in [1.807, 2.05) is 54.6 Å². The van der Waals surface area contributed by atoms with Crippen molar-refractivity contribution in [3.63, 3.8) is 0 Å². The molecule has 34 heavy (non-hydrogen) atoms. The van der Waals surface area contributed by atoms with Gasteiger partial charge >= 0.3 is 7.82 Å². The number of benzene rings is 3. The lowest BCUT2D eigenvalue weighted by Gasteiger charge is -2.20. The summed E-state index contributed by atoms with van der Waals surface area (Å²) < 4.78 is 33.4. The van der Waals surface area contributed by atoms with Crippen molar-refractivity contribution in [1.82, 2.24) is 10.3 Å². The molecule has 0 aliphatic carbocycles. The number of methoxy groups -OCH3 is 1. The van der Waals surface area contributed by atoms with Crippen LogP contribution in [0.4, 0.5) is 0 Å². The first-order valence-corrected chi connectivity index (χ1v) is 12.3. The van der Waals surface area contributed by atoms with Gasteiger partial charge in [-0.1, -0.05) is 36.4 Å². The fourth-order valence-electron chi connectivity index (χ4n) is 3.73. The number of para-hydroxylation sites is 3. The number of phosphoric ester groups is 1. The monoisotopic (exact) mass is 486 g/mol. The average Bonchev–Trinajstić information content (AvgIpc) is 3.21. The van der Waals surface area contributed by atoms with Crippen LogP contribution in [-0.4, -0.2) is 54.3 Å². The van der Waals surface area contributed by atoms with Gasteiger partial charge in [0.25, 0.3) is 0 Å². The Morgan fingerprint density at radius 1 is 0.912 bits per heavy atom. The average molecular weight is 486 g/mol. The van der Waals surface area contributed by atoms with Crippen LogP contribution in [-0.2, 0) is 9.09 Å². The van der Waals surface area contributed by atoms with Crippen molar-refractivity contribution < 1.29 is 33.1 Å². The van der Waals surface area contributed by atoms with Crippen LogP contribution in [0.15, 0.2) is 66.7 Å². The van der Waals surface area contributed by atoms with Gasteiger partial charge in [-0.05, 0) is 30.3 Å². The lowest BCUT2D eigenvalue weighted by Crippen LogP contribution is -2.35. The SMILES string of the molecule is COc1ccccc1OCCNCC(COc1cccc2[nH]c3ccccc3c12)OP(=O)(O)O. The standard InChI is InChI=1S/C24H27N2O7P/c1-30-21-10-4-5-11-22(21)31-14-13-25-15-17(33-34(27,28)29)16-32-23-12-6-9-20-24(23)18-7-2-3-8-19(18)26-20/h2-12,17,25-26H,13-16H2,1H3,(H2,27,28,29). The summed E-state index contributed by atoms with van der Waals surface area (Å²) in [5.74, 6) is 1.85. The van der Waals surface area contributed by atoms with E-state index >= 15 is 0 Å². The van der Waals surface area contributed by atoms with Crippen molar-refractivity contribution in [2.24, 2.45) is 0 Å². The molecule has 0 fully saturated rings. The van der Waals surface area contributed by atoms with Gasteiger partial charge in [0.2, 0.25) is 0 Å². The van der Waals surface area contributed by atoms with Gasteiger partial charge < -0.3 is 34.3 Å². The number of rotatable bonds is 12. The summed E-state index contributed by atoms with van der Waals surface area (Å²) in [6.45, 7) is 0.865. The maximum absolute atomic E-state index is 11.5. The molecule has 4 aromatic rings. The molecule has 1 aromatic heterocycles. The van der Waals surface area contributed by atoms with Gasteiger partial charge in [0.1, 0.15) is 25.1 Å². The van der Waals surface area contributed by atoms with Gasteiger partial charge in [-0.15, -0.1) is 0 Å². The van der Waals surface area contributed by atoms with Crippen molar-refractivity contribution in [2.75, 3.05) is 33.4 Å². The van der Waals surface area contributed by atoms with E-state index in [1.165, 1.54) is 0 Å². The van der Waals surface area contributed by atoms with Crippen LogP contribution in [0.25, 0.3) is 21.8 Å². The third-order valence-corrected chi connectivity index (χ3v) is 5.75. The second-order valence-electron chi connectivity index (χ2n) is 7.58. The van der Waals surface area contributed by atoms with Gasteiger partial charge in [-0.3, -0.25) is 4.52 Å². The summed E-state index contributed by atoms with van der Waals surface area (Å²) in [5, 5.41) is 5.01. The van der Waals surface area contributed by atoms with Crippen molar-refractivity contribution in [1.29, 1.82) is 0 Å². The fraction of sp³-hybridized carbons (Fsp3) is 0.250. The Morgan fingerprint density at radius 3 is 2.41 bits per heavy atom. The molecule has 0 spiro atoms. The van der Waals surface area contributed by atoms with Crippen molar-refractivity contribution in [3.8, 4) is 17.2 Å². The van der Waals surface area contributed by atoms with Crippen LogP contribution >= 0.6 is 7.82 Å². The number of hydrogen-bond acceptors (Lipinski definition) is 6. The van der Waals surface area contributed by atoms with Gasteiger partial charge in [-0.2, -0.15) is 0 Å². The molecule has 0 saturated carbocycles. The predicted octanol–water partition coefficient (Wildman–Crippen LogP) is 3.86. The summed E-state index contributed by atoms with van der Waals surface area (Å²) >= 11 is 0. The number of ether oxygens (including phenoxy) is 3. The summed E-state index contributed by atoms with van der Waals surface area (Å²) in [6, 6.07) is 20.8. The Balaban J connectivity index is 1.37. The maximum Gasteiger partial charge on any atom is 0.470 e. The molecule has 180 valence electrons. The topological polar surface area (TPSA) is 122 Å². The summed E-state index contributed by atoms with van der Waals surface area (Å²) in [7, 11) is -3.14. The van der Waals surface area contributed by atoms with E-state index < -0.39 is 13.9 Å². The lowest BCUT2D eigenvalue weighted by molar-refractivity contribution is 0.0888. The van der Waals surface area contributed by atoms with Crippen LogP contribution in [0.1, 0.15) is 0 Å². The molecule has 0 radical (unpaired) electrons. The van der Waals surface area contributed by atoms with Crippen LogP contribution in [0.5, 0.6) is 17.2 Å². The molecule has 0 aliphatic heterocycles. The molecule has 0 saturated heterocycles. The molecule has 10 heteroatoms. The van der Waals surface area contributed by atoms with E-state index in [0.717, 1.165) is 21.8 Å². The number of nitrogens with one attached hydrogen (secondary N) is 2. The summed E-state index contributed by atoms with van der Waals surface area (Å²) in [6.07, 6.45) is -0.882. The second kappa shape index (κ2) is 10.9.